The first kappa shape index (κ1) is 15.0. The number of benzene rings is 1. The lowest BCUT2D eigenvalue weighted by atomic mass is 10.1. The van der Waals surface area contributed by atoms with E-state index in [-0.39, 0.29) is 4.83 Å². The Labute approximate surface area is 143 Å². The van der Waals surface area contributed by atoms with Gasteiger partial charge in [-0.25, -0.2) is 0 Å². The molecule has 1 atom stereocenters. The van der Waals surface area contributed by atoms with Crippen LogP contribution < -0.4 is 4.74 Å². The van der Waals surface area contributed by atoms with Gasteiger partial charge in [-0.1, -0.05) is 22.0 Å². The van der Waals surface area contributed by atoms with Crippen molar-refractivity contribution in [1.29, 1.82) is 0 Å². The van der Waals surface area contributed by atoms with Gasteiger partial charge in [0.1, 0.15) is 5.75 Å². The summed E-state index contributed by atoms with van der Waals surface area (Å²) >= 11 is 16.0. The lowest BCUT2D eigenvalue weighted by molar-refractivity contribution is 0.412. The van der Waals surface area contributed by atoms with Gasteiger partial charge in [-0.3, -0.25) is 0 Å². The lowest BCUT2D eigenvalue weighted by Crippen LogP contribution is -1.91. The molecule has 0 aliphatic rings. The first-order valence-corrected chi connectivity index (χ1v) is 9.06. The Morgan fingerprint density at radius 1 is 1.11 bits per heavy atom. The van der Waals surface area contributed by atoms with Crippen molar-refractivity contribution >= 4 is 75.1 Å². The largest absolute Gasteiger partial charge is 0.496 e. The molecule has 1 aromatic carbocycles. The Hall–Kier alpha value is 0.640. The minimum absolute atomic E-state index is 0.173. The van der Waals surface area contributed by atoms with E-state index in [1.54, 1.807) is 18.4 Å². The second-order valence-electron chi connectivity index (χ2n) is 3.53. The number of methoxy groups -OCH3 is 1. The van der Waals surface area contributed by atoms with Crippen molar-refractivity contribution in [3.05, 3.63) is 47.4 Å². The van der Waals surface area contributed by atoms with E-state index in [2.05, 4.69) is 81.9 Å². The highest BCUT2D eigenvalue weighted by atomic mass is 79.9. The molecule has 18 heavy (non-hydrogen) atoms. The van der Waals surface area contributed by atoms with Crippen molar-refractivity contribution < 1.29 is 4.74 Å². The smallest absolute Gasteiger partial charge is 0.133 e. The van der Waals surface area contributed by atoms with Gasteiger partial charge in [0.25, 0.3) is 0 Å². The molecule has 0 fully saturated rings. The van der Waals surface area contributed by atoms with Crippen LogP contribution in [0.15, 0.2) is 37.0 Å². The van der Waals surface area contributed by atoms with Crippen LogP contribution in [0.5, 0.6) is 5.75 Å². The number of thiophene rings is 1. The lowest BCUT2D eigenvalue weighted by Gasteiger charge is -2.10. The second kappa shape index (κ2) is 6.39. The summed E-state index contributed by atoms with van der Waals surface area (Å²) in [6.07, 6.45) is 0. The highest BCUT2D eigenvalue weighted by molar-refractivity contribution is 9.13. The summed E-state index contributed by atoms with van der Waals surface area (Å²) in [5.74, 6) is 0.840. The van der Waals surface area contributed by atoms with Gasteiger partial charge in [-0.2, -0.15) is 0 Å². The van der Waals surface area contributed by atoms with Crippen molar-refractivity contribution in [3.8, 4) is 5.75 Å². The Morgan fingerprint density at radius 3 is 2.33 bits per heavy atom. The highest BCUT2D eigenvalue weighted by Crippen LogP contribution is 2.42. The van der Waals surface area contributed by atoms with E-state index in [4.69, 9.17) is 4.74 Å². The van der Waals surface area contributed by atoms with Crippen LogP contribution in [0.3, 0.4) is 0 Å². The molecule has 1 aromatic heterocycles. The van der Waals surface area contributed by atoms with Gasteiger partial charge in [-0.15, -0.1) is 11.3 Å². The van der Waals surface area contributed by atoms with Gasteiger partial charge in [0.15, 0.2) is 0 Å². The minimum atomic E-state index is 0.173. The van der Waals surface area contributed by atoms with Gasteiger partial charge in [0, 0.05) is 9.35 Å². The van der Waals surface area contributed by atoms with E-state index in [1.165, 1.54) is 10.4 Å². The molecule has 96 valence electrons. The van der Waals surface area contributed by atoms with Crippen molar-refractivity contribution in [2.45, 2.75) is 4.83 Å². The molecule has 6 heteroatoms. The first-order chi connectivity index (χ1) is 8.52. The van der Waals surface area contributed by atoms with Crippen LogP contribution in [0, 0.1) is 0 Å². The quantitative estimate of drug-likeness (QED) is 0.419. The van der Waals surface area contributed by atoms with Crippen molar-refractivity contribution in [2.24, 2.45) is 0 Å². The van der Waals surface area contributed by atoms with Gasteiger partial charge >= 0.3 is 0 Å². The average Bonchev–Trinajstić information content (AvgIpc) is 2.68. The third-order valence-electron chi connectivity index (χ3n) is 2.38. The normalized spacial score (nSPS) is 12.5. The van der Waals surface area contributed by atoms with Crippen molar-refractivity contribution in [3.63, 3.8) is 0 Å². The molecule has 0 saturated heterocycles. The monoisotopic (exact) mass is 516 g/mol. The zero-order chi connectivity index (χ0) is 13.3. The summed E-state index contributed by atoms with van der Waals surface area (Å²) in [6, 6.07) is 8.21. The molecule has 0 radical (unpaired) electrons. The van der Waals surface area contributed by atoms with Crippen LogP contribution in [0.2, 0.25) is 0 Å². The standard InChI is InChI=1S/C12H8Br4OS/c1-17-9-3-2-6(4-7(9)13)11(15)10-5-8(14)12(16)18-10/h2-5,11H,1H3. The fourth-order valence-electron chi connectivity index (χ4n) is 1.49. The zero-order valence-corrected chi connectivity index (χ0v) is 16.4. The summed E-state index contributed by atoms with van der Waals surface area (Å²) in [5, 5.41) is 0. The fraction of sp³-hybridized carbons (Fsp3) is 0.167. The van der Waals surface area contributed by atoms with E-state index in [0.29, 0.717) is 0 Å². The molecule has 0 bridgehead atoms. The summed E-state index contributed by atoms with van der Waals surface area (Å²) in [7, 11) is 1.67. The Balaban J connectivity index is 2.33. The molecule has 0 aliphatic carbocycles. The molecular weight excluding hydrogens is 512 g/mol. The van der Waals surface area contributed by atoms with E-state index in [1.807, 2.05) is 6.07 Å². The molecule has 1 unspecified atom stereocenters. The van der Waals surface area contributed by atoms with Gasteiger partial charge in [0.2, 0.25) is 0 Å². The molecular formula is C12H8Br4OS. The minimum Gasteiger partial charge on any atom is -0.496 e. The number of halogens is 4. The maximum atomic E-state index is 5.23. The molecule has 2 aromatic rings. The highest BCUT2D eigenvalue weighted by Gasteiger charge is 2.16. The third kappa shape index (κ3) is 3.20. The Kier molecular flexibility index (Phi) is 5.34. The Morgan fingerprint density at radius 2 is 1.83 bits per heavy atom. The third-order valence-corrected chi connectivity index (χ3v) is 7.65. The van der Waals surface area contributed by atoms with Crippen LogP contribution in [0.4, 0.5) is 0 Å². The van der Waals surface area contributed by atoms with Gasteiger partial charge in [0.05, 0.1) is 20.2 Å². The van der Waals surface area contributed by atoms with E-state index in [0.717, 1.165) is 18.5 Å². The first-order valence-electron chi connectivity index (χ1n) is 4.95. The predicted molar refractivity (Wildman–Crippen MR) is 91.2 cm³/mol. The maximum absolute atomic E-state index is 5.23. The summed E-state index contributed by atoms with van der Waals surface area (Å²) in [5.41, 5.74) is 1.18. The number of rotatable bonds is 3. The molecule has 0 N–H and O–H groups in total. The van der Waals surface area contributed by atoms with Crippen LogP contribution in [-0.4, -0.2) is 7.11 Å². The molecule has 0 aliphatic heterocycles. The molecule has 0 saturated carbocycles. The average molecular weight is 520 g/mol. The van der Waals surface area contributed by atoms with E-state index < -0.39 is 0 Å². The second-order valence-corrected chi connectivity index (χ2v) is 8.55. The van der Waals surface area contributed by atoms with Crippen LogP contribution in [0.25, 0.3) is 0 Å². The zero-order valence-electron chi connectivity index (χ0n) is 9.22. The van der Waals surface area contributed by atoms with E-state index >= 15 is 0 Å². The molecule has 1 nitrogen and oxygen atoms in total. The van der Waals surface area contributed by atoms with Crippen LogP contribution >= 0.6 is 75.1 Å². The summed E-state index contributed by atoms with van der Waals surface area (Å²) < 4.78 is 8.38. The number of hydrogen-bond acceptors (Lipinski definition) is 2. The van der Waals surface area contributed by atoms with Gasteiger partial charge < -0.3 is 4.74 Å². The molecule has 0 spiro atoms. The molecule has 1 heterocycles. The van der Waals surface area contributed by atoms with Crippen molar-refractivity contribution in [2.75, 3.05) is 7.11 Å². The molecule has 0 amide bonds. The van der Waals surface area contributed by atoms with Crippen molar-refractivity contribution in [1.82, 2.24) is 0 Å². The van der Waals surface area contributed by atoms with Crippen LogP contribution in [0.1, 0.15) is 15.3 Å². The Bertz CT molecular complexity index is 548. The van der Waals surface area contributed by atoms with E-state index in [9.17, 15) is 0 Å². The topological polar surface area (TPSA) is 9.23 Å². The SMILES string of the molecule is COc1ccc(C(Br)c2cc(Br)c(Br)s2)cc1Br. The number of alkyl halides is 1. The molecule has 2 rings (SSSR count). The number of hydrogen-bond donors (Lipinski definition) is 0. The number of ether oxygens (including phenoxy) is 1. The summed E-state index contributed by atoms with van der Waals surface area (Å²) in [6.45, 7) is 0. The summed E-state index contributed by atoms with van der Waals surface area (Å²) in [4.78, 5) is 1.41. The predicted octanol–water partition coefficient (Wildman–Crippen LogP) is 6.53. The maximum Gasteiger partial charge on any atom is 0.133 e. The van der Waals surface area contributed by atoms with Gasteiger partial charge in [-0.05, 0) is 71.6 Å². The van der Waals surface area contributed by atoms with Crippen LogP contribution in [-0.2, 0) is 0 Å². The fourth-order valence-corrected chi connectivity index (χ4v) is 4.84.